The van der Waals surface area contributed by atoms with Gasteiger partial charge in [0, 0.05) is 18.0 Å². The standard InChI is InChI=1S/C15H11N5OS/c1-21-12-7-3-2-6-11(12)13-17-18-15-20(13)19-14(22-15)10-5-4-8-16-9-10/h2-9H,1H3. The molecule has 0 spiro atoms. The highest BCUT2D eigenvalue weighted by molar-refractivity contribution is 7.19. The molecule has 3 heterocycles. The summed E-state index contributed by atoms with van der Waals surface area (Å²) in [7, 11) is 1.64. The van der Waals surface area contributed by atoms with Gasteiger partial charge in [0.1, 0.15) is 10.8 Å². The molecule has 4 aromatic rings. The van der Waals surface area contributed by atoms with Gasteiger partial charge >= 0.3 is 0 Å². The Labute approximate surface area is 130 Å². The first kappa shape index (κ1) is 12.9. The zero-order chi connectivity index (χ0) is 14.9. The number of rotatable bonds is 3. The molecule has 0 atom stereocenters. The number of ether oxygens (including phenoxy) is 1. The van der Waals surface area contributed by atoms with Gasteiger partial charge in [0.25, 0.3) is 0 Å². The average Bonchev–Trinajstić information content (AvgIpc) is 3.16. The third-order valence-corrected chi connectivity index (χ3v) is 4.20. The summed E-state index contributed by atoms with van der Waals surface area (Å²) in [5.74, 6) is 1.41. The van der Waals surface area contributed by atoms with Crippen LogP contribution in [0.2, 0.25) is 0 Å². The summed E-state index contributed by atoms with van der Waals surface area (Å²) >= 11 is 1.48. The van der Waals surface area contributed by atoms with Crippen molar-refractivity contribution in [2.45, 2.75) is 0 Å². The fourth-order valence-corrected chi connectivity index (χ4v) is 3.05. The van der Waals surface area contributed by atoms with Gasteiger partial charge in [-0.1, -0.05) is 23.5 Å². The Hall–Kier alpha value is -2.80. The Morgan fingerprint density at radius 1 is 1.09 bits per heavy atom. The van der Waals surface area contributed by atoms with E-state index in [2.05, 4.69) is 20.3 Å². The van der Waals surface area contributed by atoms with Crippen LogP contribution in [0, 0.1) is 0 Å². The maximum atomic E-state index is 5.39. The van der Waals surface area contributed by atoms with Crippen molar-refractivity contribution in [3.8, 4) is 27.7 Å². The van der Waals surface area contributed by atoms with Crippen LogP contribution in [-0.4, -0.2) is 31.9 Å². The molecule has 0 bridgehead atoms. The number of hydrogen-bond acceptors (Lipinski definition) is 6. The van der Waals surface area contributed by atoms with Gasteiger partial charge in [0.05, 0.1) is 12.7 Å². The molecule has 7 heteroatoms. The lowest BCUT2D eigenvalue weighted by molar-refractivity contribution is 0.416. The van der Waals surface area contributed by atoms with E-state index < -0.39 is 0 Å². The van der Waals surface area contributed by atoms with Crippen molar-refractivity contribution in [2.75, 3.05) is 7.11 Å². The first-order valence-corrected chi connectivity index (χ1v) is 7.44. The number of hydrogen-bond donors (Lipinski definition) is 0. The normalized spacial score (nSPS) is 11.0. The number of methoxy groups -OCH3 is 1. The molecule has 0 saturated carbocycles. The van der Waals surface area contributed by atoms with Crippen molar-refractivity contribution in [1.82, 2.24) is 24.8 Å². The Morgan fingerprint density at radius 2 is 2.00 bits per heavy atom. The van der Waals surface area contributed by atoms with Crippen molar-refractivity contribution in [3.63, 3.8) is 0 Å². The molecule has 4 rings (SSSR count). The lowest BCUT2D eigenvalue weighted by Gasteiger charge is -2.04. The minimum absolute atomic E-state index is 0.666. The van der Waals surface area contributed by atoms with E-state index >= 15 is 0 Å². The van der Waals surface area contributed by atoms with Gasteiger partial charge in [-0.05, 0) is 24.3 Å². The highest BCUT2D eigenvalue weighted by Crippen LogP contribution is 2.31. The molecular formula is C15H11N5OS. The van der Waals surface area contributed by atoms with Crippen LogP contribution in [0.5, 0.6) is 5.75 Å². The van der Waals surface area contributed by atoms with Crippen LogP contribution < -0.4 is 4.74 Å². The van der Waals surface area contributed by atoms with Gasteiger partial charge in [-0.15, -0.1) is 10.2 Å². The van der Waals surface area contributed by atoms with Crippen LogP contribution in [0.15, 0.2) is 48.8 Å². The summed E-state index contributed by atoms with van der Waals surface area (Å²) in [4.78, 5) is 4.86. The van der Waals surface area contributed by atoms with E-state index in [4.69, 9.17) is 4.74 Å². The summed E-state index contributed by atoms with van der Waals surface area (Å²) in [6, 6.07) is 11.6. The Balaban J connectivity index is 1.88. The van der Waals surface area contributed by atoms with Crippen molar-refractivity contribution >= 4 is 16.3 Å². The van der Waals surface area contributed by atoms with Crippen LogP contribution in [-0.2, 0) is 0 Å². The van der Waals surface area contributed by atoms with Gasteiger partial charge in [-0.25, -0.2) is 0 Å². The molecule has 108 valence electrons. The molecule has 0 unspecified atom stereocenters. The second-order valence-electron chi connectivity index (χ2n) is 4.57. The zero-order valence-corrected chi connectivity index (χ0v) is 12.5. The van der Waals surface area contributed by atoms with Crippen molar-refractivity contribution in [2.24, 2.45) is 0 Å². The fraction of sp³-hybridized carbons (Fsp3) is 0.0667. The van der Waals surface area contributed by atoms with Gasteiger partial charge in [0.15, 0.2) is 5.82 Å². The van der Waals surface area contributed by atoms with Gasteiger partial charge in [-0.2, -0.15) is 9.61 Å². The molecule has 22 heavy (non-hydrogen) atoms. The Kier molecular flexibility index (Phi) is 3.05. The van der Waals surface area contributed by atoms with E-state index in [1.54, 1.807) is 24.0 Å². The predicted octanol–water partition coefficient (Wildman–Crippen LogP) is 2.92. The summed E-state index contributed by atoms with van der Waals surface area (Å²) in [5, 5.41) is 13.9. The summed E-state index contributed by atoms with van der Waals surface area (Å²) in [6.45, 7) is 0. The molecular weight excluding hydrogens is 298 g/mol. The number of aromatic nitrogens is 5. The number of pyridine rings is 1. The molecule has 0 aliphatic rings. The highest BCUT2D eigenvalue weighted by Gasteiger charge is 2.17. The number of nitrogens with zero attached hydrogens (tertiary/aromatic N) is 5. The molecule has 6 nitrogen and oxygen atoms in total. The van der Waals surface area contributed by atoms with Crippen LogP contribution >= 0.6 is 11.3 Å². The molecule has 0 amide bonds. The molecule has 0 saturated heterocycles. The number of para-hydroxylation sites is 1. The van der Waals surface area contributed by atoms with E-state index in [-0.39, 0.29) is 0 Å². The van der Waals surface area contributed by atoms with E-state index in [1.807, 2.05) is 36.4 Å². The van der Waals surface area contributed by atoms with Crippen molar-refractivity contribution in [1.29, 1.82) is 0 Å². The second kappa shape index (κ2) is 5.19. The molecule has 0 aliphatic carbocycles. The fourth-order valence-electron chi connectivity index (χ4n) is 2.22. The third-order valence-electron chi connectivity index (χ3n) is 3.25. The van der Waals surface area contributed by atoms with Gasteiger partial charge < -0.3 is 4.74 Å². The third kappa shape index (κ3) is 2.03. The Bertz CT molecular complexity index is 931. The molecule has 0 fully saturated rings. The topological polar surface area (TPSA) is 65.2 Å². The summed E-state index contributed by atoms with van der Waals surface area (Å²) < 4.78 is 7.13. The van der Waals surface area contributed by atoms with Gasteiger partial charge in [0.2, 0.25) is 4.96 Å². The van der Waals surface area contributed by atoms with Crippen LogP contribution in [0.4, 0.5) is 0 Å². The lowest BCUT2D eigenvalue weighted by atomic mass is 10.2. The average molecular weight is 309 g/mol. The van der Waals surface area contributed by atoms with Crippen LogP contribution in [0.1, 0.15) is 0 Å². The summed E-state index contributed by atoms with van der Waals surface area (Å²) in [5.41, 5.74) is 1.82. The second-order valence-corrected chi connectivity index (χ2v) is 5.52. The first-order valence-electron chi connectivity index (χ1n) is 6.63. The zero-order valence-electron chi connectivity index (χ0n) is 11.7. The van der Waals surface area contributed by atoms with Crippen molar-refractivity contribution in [3.05, 3.63) is 48.8 Å². The summed E-state index contributed by atoms with van der Waals surface area (Å²) in [6.07, 6.45) is 3.53. The highest BCUT2D eigenvalue weighted by atomic mass is 32.1. The maximum Gasteiger partial charge on any atom is 0.235 e. The molecule has 0 radical (unpaired) electrons. The van der Waals surface area contributed by atoms with Crippen molar-refractivity contribution < 1.29 is 4.74 Å². The van der Waals surface area contributed by atoms with Gasteiger partial charge in [-0.3, -0.25) is 4.98 Å². The molecule has 0 N–H and O–H groups in total. The minimum atomic E-state index is 0.666. The predicted molar refractivity (Wildman–Crippen MR) is 83.9 cm³/mol. The largest absolute Gasteiger partial charge is 0.496 e. The molecule has 0 aliphatic heterocycles. The minimum Gasteiger partial charge on any atom is -0.496 e. The first-order chi connectivity index (χ1) is 10.9. The number of fused-ring (bicyclic) bond motifs is 1. The SMILES string of the molecule is COc1ccccc1-c1nnc2sc(-c3cccnc3)nn12. The van der Waals surface area contributed by atoms with Crippen LogP contribution in [0.3, 0.4) is 0 Å². The monoisotopic (exact) mass is 309 g/mol. The number of benzene rings is 1. The smallest absolute Gasteiger partial charge is 0.235 e. The molecule has 1 aromatic carbocycles. The van der Waals surface area contributed by atoms with E-state index in [0.717, 1.165) is 26.8 Å². The lowest BCUT2D eigenvalue weighted by Crippen LogP contribution is -1.94. The molecule has 3 aromatic heterocycles. The van der Waals surface area contributed by atoms with E-state index in [1.165, 1.54) is 11.3 Å². The van der Waals surface area contributed by atoms with Crippen LogP contribution in [0.25, 0.3) is 26.9 Å². The van der Waals surface area contributed by atoms with E-state index in [0.29, 0.717) is 5.82 Å². The maximum absolute atomic E-state index is 5.39. The quantitative estimate of drug-likeness (QED) is 0.582. The van der Waals surface area contributed by atoms with E-state index in [9.17, 15) is 0 Å². The Morgan fingerprint density at radius 3 is 2.82 bits per heavy atom.